The van der Waals surface area contributed by atoms with Gasteiger partial charge in [-0.25, -0.2) is 4.39 Å². The Morgan fingerprint density at radius 2 is 2.00 bits per heavy atom. The van der Waals surface area contributed by atoms with Crippen LogP contribution in [-0.4, -0.2) is 19.1 Å². The van der Waals surface area contributed by atoms with Gasteiger partial charge in [-0.3, -0.25) is 0 Å². The van der Waals surface area contributed by atoms with Crippen LogP contribution in [0.15, 0.2) is 18.2 Å². The van der Waals surface area contributed by atoms with E-state index in [0.717, 1.165) is 12.1 Å². The van der Waals surface area contributed by atoms with Crippen LogP contribution in [0, 0.1) is 11.2 Å². The van der Waals surface area contributed by atoms with Crippen molar-refractivity contribution in [2.24, 2.45) is 5.41 Å². The Balaban J connectivity index is 2.07. The quantitative estimate of drug-likeness (QED) is 0.877. The Hall–Kier alpha value is -1.09. The van der Waals surface area contributed by atoms with Gasteiger partial charge in [0.1, 0.15) is 5.82 Å². The van der Waals surface area contributed by atoms with E-state index in [9.17, 15) is 4.39 Å². The molecule has 0 heterocycles. The number of benzene rings is 1. The molecular formula is C17H27FN2. The van der Waals surface area contributed by atoms with Crippen LogP contribution >= 0.6 is 0 Å². The summed E-state index contributed by atoms with van der Waals surface area (Å²) in [5.74, 6) is -0.126. The molecule has 0 amide bonds. The van der Waals surface area contributed by atoms with Crippen molar-refractivity contribution in [3.05, 3.63) is 29.6 Å². The molecule has 1 aromatic carbocycles. The number of hydrogen-bond donors (Lipinski definition) is 1. The summed E-state index contributed by atoms with van der Waals surface area (Å²) >= 11 is 0. The first kappa shape index (κ1) is 15.3. The zero-order valence-electron chi connectivity index (χ0n) is 13.3. The fraction of sp³-hybridized carbons (Fsp3) is 0.647. The number of hydrogen-bond acceptors (Lipinski definition) is 2. The van der Waals surface area contributed by atoms with Crippen molar-refractivity contribution in [1.29, 1.82) is 0 Å². The lowest BCUT2D eigenvalue weighted by Gasteiger charge is -2.37. The van der Waals surface area contributed by atoms with Crippen LogP contribution < -0.4 is 10.2 Å². The molecule has 0 radical (unpaired) electrons. The fourth-order valence-electron chi connectivity index (χ4n) is 2.29. The highest BCUT2D eigenvalue weighted by molar-refractivity contribution is 5.49. The van der Waals surface area contributed by atoms with E-state index < -0.39 is 0 Å². The van der Waals surface area contributed by atoms with E-state index in [0.29, 0.717) is 11.7 Å². The van der Waals surface area contributed by atoms with Crippen LogP contribution in [0.1, 0.15) is 46.1 Å². The summed E-state index contributed by atoms with van der Waals surface area (Å²) in [5.41, 5.74) is 1.82. The van der Waals surface area contributed by atoms with E-state index in [1.807, 2.05) is 24.1 Å². The van der Waals surface area contributed by atoms with Gasteiger partial charge in [-0.05, 0) is 42.9 Å². The summed E-state index contributed by atoms with van der Waals surface area (Å²) in [6, 6.07) is 6.52. The molecule has 0 spiro atoms. The smallest absolute Gasteiger partial charge is 0.146 e. The normalized spacial score (nSPS) is 17.1. The van der Waals surface area contributed by atoms with Gasteiger partial charge < -0.3 is 10.2 Å². The minimum absolute atomic E-state index is 0.118. The number of rotatable bonds is 5. The van der Waals surface area contributed by atoms with E-state index in [4.69, 9.17) is 0 Å². The zero-order valence-corrected chi connectivity index (χ0v) is 13.3. The highest BCUT2D eigenvalue weighted by Crippen LogP contribution is 2.29. The van der Waals surface area contributed by atoms with Gasteiger partial charge in [0.2, 0.25) is 0 Å². The Kier molecular flexibility index (Phi) is 4.38. The Morgan fingerprint density at radius 1 is 1.35 bits per heavy atom. The predicted molar refractivity (Wildman–Crippen MR) is 83.6 cm³/mol. The molecule has 0 bridgehead atoms. The van der Waals surface area contributed by atoms with Crippen LogP contribution in [-0.2, 0) is 6.54 Å². The number of anilines is 1. The second kappa shape index (κ2) is 5.72. The average Bonchev–Trinajstić information content (AvgIpc) is 3.17. The maximum atomic E-state index is 14.3. The topological polar surface area (TPSA) is 15.3 Å². The molecule has 0 aromatic heterocycles. The SMILES string of the molecule is CC(N(C)c1ccc(CNC2CC2)cc1F)C(C)(C)C. The second-order valence-electron chi connectivity index (χ2n) is 7.09. The molecule has 1 unspecified atom stereocenters. The highest BCUT2D eigenvalue weighted by Gasteiger charge is 2.25. The molecule has 20 heavy (non-hydrogen) atoms. The van der Waals surface area contributed by atoms with E-state index in [2.05, 4.69) is 33.0 Å². The Bertz CT molecular complexity index is 461. The molecule has 0 aliphatic heterocycles. The first-order valence-electron chi connectivity index (χ1n) is 7.53. The lowest BCUT2D eigenvalue weighted by Crippen LogP contribution is -2.39. The Labute approximate surface area is 122 Å². The first-order valence-corrected chi connectivity index (χ1v) is 7.53. The van der Waals surface area contributed by atoms with Gasteiger partial charge in [0.15, 0.2) is 0 Å². The first-order chi connectivity index (χ1) is 9.29. The van der Waals surface area contributed by atoms with Crippen LogP contribution in [0.4, 0.5) is 10.1 Å². The molecule has 112 valence electrons. The van der Waals surface area contributed by atoms with Gasteiger partial charge in [-0.2, -0.15) is 0 Å². The van der Waals surface area contributed by atoms with Crippen molar-refractivity contribution in [2.75, 3.05) is 11.9 Å². The van der Waals surface area contributed by atoms with Crippen LogP contribution in [0.2, 0.25) is 0 Å². The molecule has 1 aromatic rings. The van der Waals surface area contributed by atoms with Crippen molar-refractivity contribution in [3.8, 4) is 0 Å². The van der Waals surface area contributed by atoms with Gasteiger partial charge >= 0.3 is 0 Å². The number of nitrogens with one attached hydrogen (secondary N) is 1. The van der Waals surface area contributed by atoms with Crippen LogP contribution in [0.3, 0.4) is 0 Å². The van der Waals surface area contributed by atoms with Gasteiger partial charge in [-0.15, -0.1) is 0 Å². The van der Waals surface area contributed by atoms with Crippen molar-refractivity contribution in [2.45, 2.75) is 59.2 Å². The number of nitrogens with zero attached hydrogens (tertiary/aromatic N) is 1. The summed E-state index contributed by atoms with van der Waals surface area (Å²) < 4.78 is 14.3. The molecule has 1 saturated carbocycles. The molecule has 2 nitrogen and oxygen atoms in total. The van der Waals surface area contributed by atoms with E-state index >= 15 is 0 Å². The lowest BCUT2D eigenvalue weighted by atomic mass is 9.87. The van der Waals surface area contributed by atoms with Gasteiger partial charge in [0.05, 0.1) is 5.69 Å². The molecule has 2 rings (SSSR count). The Morgan fingerprint density at radius 3 is 2.50 bits per heavy atom. The third kappa shape index (κ3) is 3.72. The molecule has 1 aliphatic rings. The van der Waals surface area contributed by atoms with E-state index in [1.54, 1.807) is 6.07 Å². The molecular weight excluding hydrogens is 251 g/mol. The monoisotopic (exact) mass is 278 g/mol. The van der Waals surface area contributed by atoms with Gasteiger partial charge in [-0.1, -0.05) is 26.8 Å². The van der Waals surface area contributed by atoms with Crippen molar-refractivity contribution < 1.29 is 4.39 Å². The van der Waals surface area contributed by atoms with Gasteiger partial charge in [0.25, 0.3) is 0 Å². The fourth-order valence-corrected chi connectivity index (χ4v) is 2.29. The summed E-state index contributed by atoms with van der Waals surface area (Å²) in [6.45, 7) is 9.45. The molecule has 1 aliphatic carbocycles. The highest BCUT2D eigenvalue weighted by atomic mass is 19.1. The van der Waals surface area contributed by atoms with Gasteiger partial charge in [0, 0.05) is 25.7 Å². The molecule has 3 heteroatoms. The van der Waals surface area contributed by atoms with Crippen LogP contribution in [0.5, 0.6) is 0 Å². The average molecular weight is 278 g/mol. The molecule has 1 N–H and O–H groups in total. The minimum atomic E-state index is -0.126. The third-order valence-electron chi connectivity index (χ3n) is 4.40. The second-order valence-corrected chi connectivity index (χ2v) is 7.09. The summed E-state index contributed by atoms with van der Waals surface area (Å²) in [7, 11) is 1.97. The molecule has 1 atom stereocenters. The van der Waals surface area contributed by atoms with E-state index in [-0.39, 0.29) is 17.3 Å². The third-order valence-corrected chi connectivity index (χ3v) is 4.40. The number of halogens is 1. The predicted octanol–water partition coefficient (Wildman–Crippen LogP) is 3.95. The largest absolute Gasteiger partial charge is 0.369 e. The molecule has 1 fully saturated rings. The standard InChI is InChI=1S/C17H27FN2/c1-12(17(2,3)4)20(5)16-9-6-13(10-15(16)18)11-19-14-7-8-14/h6,9-10,12,14,19H,7-8,11H2,1-5H3. The maximum Gasteiger partial charge on any atom is 0.146 e. The summed E-state index contributed by atoms with van der Waals surface area (Å²) in [4.78, 5) is 2.04. The van der Waals surface area contributed by atoms with Crippen molar-refractivity contribution >= 4 is 5.69 Å². The summed E-state index contributed by atoms with van der Waals surface area (Å²) in [5, 5.41) is 3.42. The van der Waals surface area contributed by atoms with E-state index in [1.165, 1.54) is 12.8 Å². The molecule has 0 saturated heterocycles. The minimum Gasteiger partial charge on any atom is -0.369 e. The lowest BCUT2D eigenvalue weighted by molar-refractivity contribution is 0.328. The van der Waals surface area contributed by atoms with Crippen LogP contribution in [0.25, 0.3) is 0 Å². The maximum absolute atomic E-state index is 14.3. The van der Waals surface area contributed by atoms with Crippen molar-refractivity contribution in [3.63, 3.8) is 0 Å². The summed E-state index contributed by atoms with van der Waals surface area (Å²) in [6.07, 6.45) is 2.51. The van der Waals surface area contributed by atoms with Crippen molar-refractivity contribution in [1.82, 2.24) is 5.32 Å². The zero-order chi connectivity index (χ0) is 14.9.